The zero-order valence-electron chi connectivity index (χ0n) is 11.6. The molecule has 0 unspecified atom stereocenters. The molecule has 3 aromatic rings. The monoisotopic (exact) mass is 277 g/mol. The average Bonchev–Trinajstić information content (AvgIpc) is 2.47. The van der Waals surface area contributed by atoms with Crippen molar-refractivity contribution >= 4 is 22.5 Å². The van der Waals surface area contributed by atoms with Crippen molar-refractivity contribution in [2.45, 2.75) is 6.92 Å². The molecular weight excluding hydrogens is 262 g/mol. The Bertz CT molecular complexity index is 856. The number of nitrogens with zero attached hydrogens (tertiary/aromatic N) is 1. The number of amides is 1. The Morgan fingerprint density at radius 1 is 1.05 bits per heavy atom. The number of carbonyl (C=O) groups excluding carboxylic acids is 1. The highest BCUT2D eigenvalue weighted by Gasteiger charge is 2.11. The number of hydrogen-bond acceptors (Lipinski definition) is 3. The lowest BCUT2D eigenvalue weighted by Gasteiger charge is -2.09. The van der Waals surface area contributed by atoms with E-state index in [2.05, 4.69) is 11.1 Å². The summed E-state index contributed by atoms with van der Waals surface area (Å²) in [6, 6.07) is 14.0. The summed E-state index contributed by atoms with van der Waals surface area (Å²) in [4.78, 5) is 15.5. The van der Waals surface area contributed by atoms with Gasteiger partial charge in [-0.25, -0.2) is 4.98 Å². The third kappa shape index (κ3) is 2.31. The topological polar surface area (TPSA) is 82.0 Å². The molecule has 21 heavy (non-hydrogen) atoms. The lowest BCUT2D eigenvalue weighted by molar-refractivity contribution is 0.100. The summed E-state index contributed by atoms with van der Waals surface area (Å²) in [5, 5.41) is 1.47. The van der Waals surface area contributed by atoms with Crippen molar-refractivity contribution in [3.05, 3.63) is 59.8 Å². The molecule has 4 heteroatoms. The summed E-state index contributed by atoms with van der Waals surface area (Å²) in [5.41, 5.74) is 15.0. The second-order valence-electron chi connectivity index (χ2n) is 5.05. The van der Waals surface area contributed by atoms with Gasteiger partial charge in [-0.2, -0.15) is 0 Å². The van der Waals surface area contributed by atoms with Crippen molar-refractivity contribution in [2.24, 2.45) is 5.73 Å². The molecule has 0 spiro atoms. The quantitative estimate of drug-likeness (QED) is 0.755. The summed E-state index contributed by atoms with van der Waals surface area (Å²) in [7, 11) is 0. The summed E-state index contributed by atoms with van der Waals surface area (Å²) in [6.45, 7) is 2.05. The van der Waals surface area contributed by atoms with Crippen molar-refractivity contribution in [1.82, 2.24) is 4.98 Å². The Hall–Kier alpha value is -2.88. The van der Waals surface area contributed by atoms with Crippen LogP contribution in [0.2, 0.25) is 0 Å². The molecule has 0 aliphatic heterocycles. The maximum Gasteiger partial charge on any atom is 0.250 e. The van der Waals surface area contributed by atoms with Crippen LogP contribution in [-0.4, -0.2) is 10.9 Å². The van der Waals surface area contributed by atoms with E-state index in [1.54, 1.807) is 0 Å². The minimum Gasteiger partial charge on any atom is -0.383 e. The van der Waals surface area contributed by atoms with Crippen LogP contribution >= 0.6 is 0 Å². The zero-order valence-corrected chi connectivity index (χ0v) is 11.6. The van der Waals surface area contributed by atoms with Gasteiger partial charge in [0.1, 0.15) is 5.82 Å². The molecule has 1 amide bonds. The number of rotatable bonds is 2. The first-order chi connectivity index (χ1) is 10.1. The Labute approximate surface area is 122 Å². The first-order valence-corrected chi connectivity index (χ1v) is 6.61. The van der Waals surface area contributed by atoms with Crippen molar-refractivity contribution in [2.75, 3.05) is 5.73 Å². The fourth-order valence-electron chi connectivity index (χ4n) is 2.46. The number of carbonyl (C=O) groups is 1. The molecule has 4 nitrogen and oxygen atoms in total. The summed E-state index contributed by atoms with van der Waals surface area (Å²) < 4.78 is 0. The fraction of sp³-hybridized carbons (Fsp3) is 0.0588. The van der Waals surface area contributed by atoms with Gasteiger partial charge in [0, 0.05) is 11.6 Å². The molecule has 0 atom stereocenters. The molecule has 104 valence electrons. The molecular formula is C17H15N3O. The van der Waals surface area contributed by atoms with Gasteiger partial charge in [-0.15, -0.1) is 0 Å². The maximum atomic E-state index is 11.5. The minimum atomic E-state index is -0.504. The summed E-state index contributed by atoms with van der Waals surface area (Å²) >= 11 is 0. The zero-order chi connectivity index (χ0) is 15.0. The van der Waals surface area contributed by atoms with Crippen LogP contribution in [0, 0.1) is 6.92 Å². The van der Waals surface area contributed by atoms with Crippen LogP contribution in [0.5, 0.6) is 0 Å². The van der Waals surface area contributed by atoms with E-state index >= 15 is 0 Å². The Kier molecular flexibility index (Phi) is 3.06. The Balaban J connectivity index is 2.25. The maximum absolute atomic E-state index is 11.5. The number of anilines is 1. The van der Waals surface area contributed by atoms with Gasteiger partial charge in [0.15, 0.2) is 0 Å². The molecule has 3 rings (SSSR count). The molecule has 0 fully saturated rings. The molecule has 0 saturated carbocycles. The van der Waals surface area contributed by atoms with Crippen molar-refractivity contribution in [3.63, 3.8) is 0 Å². The Morgan fingerprint density at radius 3 is 2.52 bits per heavy atom. The molecule has 0 bridgehead atoms. The highest BCUT2D eigenvalue weighted by Crippen LogP contribution is 2.29. The molecule has 0 aliphatic carbocycles. The van der Waals surface area contributed by atoms with E-state index in [4.69, 9.17) is 11.5 Å². The third-order valence-electron chi connectivity index (χ3n) is 3.54. The van der Waals surface area contributed by atoms with Crippen LogP contribution in [0.1, 0.15) is 15.9 Å². The van der Waals surface area contributed by atoms with E-state index in [-0.39, 0.29) is 0 Å². The number of nitrogens with two attached hydrogens (primary N) is 2. The van der Waals surface area contributed by atoms with Gasteiger partial charge >= 0.3 is 0 Å². The van der Waals surface area contributed by atoms with Gasteiger partial charge in [0.2, 0.25) is 0 Å². The number of aryl methyl sites for hydroxylation is 1. The van der Waals surface area contributed by atoms with Gasteiger partial charge in [-0.05, 0) is 29.5 Å². The number of primary amides is 1. The van der Waals surface area contributed by atoms with Gasteiger partial charge in [-0.1, -0.05) is 42.0 Å². The first-order valence-electron chi connectivity index (χ1n) is 6.61. The minimum absolute atomic E-state index is 0.384. The number of aromatic nitrogens is 1. The second-order valence-corrected chi connectivity index (χ2v) is 5.05. The summed E-state index contributed by atoms with van der Waals surface area (Å²) in [5.74, 6) is -0.111. The molecule has 1 aromatic heterocycles. The molecule has 0 aliphatic rings. The van der Waals surface area contributed by atoms with E-state index in [0.29, 0.717) is 11.4 Å². The van der Waals surface area contributed by atoms with Crippen LogP contribution in [0.15, 0.2) is 48.7 Å². The van der Waals surface area contributed by atoms with Crippen LogP contribution in [0.25, 0.3) is 21.9 Å². The number of fused-ring (bicyclic) bond motifs is 1. The van der Waals surface area contributed by atoms with Gasteiger partial charge in [0.25, 0.3) is 5.91 Å². The lowest BCUT2D eigenvalue weighted by atomic mass is 9.98. The molecule has 2 aromatic carbocycles. The van der Waals surface area contributed by atoms with E-state index in [0.717, 1.165) is 21.9 Å². The predicted octanol–water partition coefficient (Wildman–Crippen LogP) is 2.89. The van der Waals surface area contributed by atoms with Crippen LogP contribution in [-0.2, 0) is 0 Å². The summed E-state index contributed by atoms with van der Waals surface area (Å²) in [6.07, 6.45) is 1.42. The number of pyridine rings is 1. The van der Waals surface area contributed by atoms with Crippen molar-refractivity contribution < 1.29 is 4.79 Å². The standard InChI is InChI=1S/C17H15N3O/c1-10-3-2-4-11(7-10)12-5-6-13-14(8-12)16(18)20-9-15(13)17(19)21/h2-9H,1H3,(H2,18,20)(H2,19,21). The Morgan fingerprint density at radius 2 is 1.81 bits per heavy atom. The van der Waals surface area contributed by atoms with E-state index in [1.165, 1.54) is 11.8 Å². The highest BCUT2D eigenvalue weighted by atomic mass is 16.1. The molecule has 1 heterocycles. The molecule has 0 radical (unpaired) electrons. The molecule has 0 saturated heterocycles. The van der Waals surface area contributed by atoms with Crippen LogP contribution in [0.3, 0.4) is 0 Å². The van der Waals surface area contributed by atoms with Crippen molar-refractivity contribution in [3.8, 4) is 11.1 Å². The van der Waals surface area contributed by atoms with Gasteiger partial charge in [0.05, 0.1) is 5.56 Å². The normalized spacial score (nSPS) is 10.7. The number of hydrogen-bond donors (Lipinski definition) is 2. The first kappa shape index (κ1) is 13.1. The highest BCUT2D eigenvalue weighted by molar-refractivity contribution is 6.09. The smallest absolute Gasteiger partial charge is 0.250 e. The van der Waals surface area contributed by atoms with Gasteiger partial charge < -0.3 is 11.5 Å². The van der Waals surface area contributed by atoms with E-state index < -0.39 is 5.91 Å². The van der Waals surface area contributed by atoms with Crippen LogP contribution in [0.4, 0.5) is 5.82 Å². The number of nitrogen functional groups attached to an aromatic ring is 1. The fourth-order valence-corrected chi connectivity index (χ4v) is 2.46. The SMILES string of the molecule is Cc1cccc(-c2ccc3c(C(N)=O)cnc(N)c3c2)c1. The second kappa shape index (κ2) is 4.90. The predicted molar refractivity (Wildman–Crippen MR) is 84.8 cm³/mol. The lowest BCUT2D eigenvalue weighted by Crippen LogP contribution is -2.12. The van der Waals surface area contributed by atoms with Crippen molar-refractivity contribution in [1.29, 1.82) is 0 Å². The largest absolute Gasteiger partial charge is 0.383 e. The van der Waals surface area contributed by atoms with E-state index in [1.807, 2.05) is 43.3 Å². The molecule has 4 N–H and O–H groups in total. The van der Waals surface area contributed by atoms with E-state index in [9.17, 15) is 4.79 Å². The van der Waals surface area contributed by atoms with Gasteiger partial charge in [-0.3, -0.25) is 4.79 Å². The van der Waals surface area contributed by atoms with Crippen LogP contribution < -0.4 is 11.5 Å². The number of benzene rings is 2. The average molecular weight is 277 g/mol. The third-order valence-corrected chi connectivity index (χ3v) is 3.54.